The summed E-state index contributed by atoms with van der Waals surface area (Å²) >= 11 is 1.48. The number of rotatable bonds is 13. The van der Waals surface area contributed by atoms with Gasteiger partial charge in [-0.2, -0.15) is 0 Å². The van der Waals surface area contributed by atoms with E-state index in [0.29, 0.717) is 42.7 Å². The predicted octanol–water partition coefficient (Wildman–Crippen LogP) is 4.14. The zero-order chi connectivity index (χ0) is 24.3. The first-order valence-electron chi connectivity index (χ1n) is 11.1. The van der Waals surface area contributed by atoms with E-state index >= 15 is 0 Å². The largest absolute Gasteiger partial charge is 0.494 e. The summed E-state index contributed by atoms with van der Waals surface area (Å²) in [5, 5.41) is 9.93. The van der Waals surface area contributed by atoms with Gasteiger partial charge < -0.3 is 18.8 Å². The van der Waals surface area contributed by atoms with E-state index < -0.39 is 12.6 Å². The van der Waals surface area contributed by atoms with Gasteiger partial charge in [0.1, 0.15) is 5.75 Å². The Kier molecular flexibility index (Phi) is 9.33. The zero-order valence-electron chi connectivity index (χ0n) is 19.2. The Balaban J connectivity index is 1.45. The highest BCUT2D eigenvalue weighted by molar-refractivity contribution is 7.13. The molecule has 2 aromatic heterocycles. The molecule has 0 saturated carbocycles. The molecule has 0 bridgehead atoms. The van der Waals surface area contributed by atoms with Crippen LogP contribution in [0.4, 0.5) is 0 Å². The second kappa shape index (κ2) is 12.6. The van der Waals surface area contributed by atoms with Crippen molar-refractivity contribution in [1.82, 2.24) is 15.1 Å². The minimum Gasteiger partial charge on any atom is -0.494 e. The number of ketones is 1. The average molecular weight is 486 g/mol. The molecular formula is C24H27N3O6S. The van der Waals surface area contributed by atoms with Gasteiger partial charge in [0.05, 0.1) is 24.4 Å². The van der Waals surface area contributed by atoms with Crippen LogP contribution in [0, 0.1) is 0 Å². The summed E-state index contributed by atoms with van der Waals surface area (Å²) in [7, 11) is 0. The maximum atomic E-state index is 12.6. The molecule has 2 heterocycles. The molecule has 10 heteroatoms. The fourth-order valence-electron chi connectivity index (χ4n) is 3.11. The van der Waals surface area contributed by atoms with Crippen molar-refractivity contribution in [2.45, 2.75) is 39.7 Å². The molecule has 9 nitrogen and oxygen atoms in total. The highest BCUT2D eigenvalue weighted by Gasteiger charge is 2.19. The number of Topliss-reactive ketones (excluding diaryl/α,β-unsaturated/α-hetero) is 1. The van der Waals surface area contributed by atoms with Gasteiger partial charge in [0, 0.05) is 18.5 Å². The second-order valence-electron chi connectivity index (χ2n) is 7.33. The summed E-state index contributed by atoms with van der Waals surface area (Å²) in [5.41, 5.74) is 0.489. The van der Waals surface area contributed by atoms with Gasteiger partial charge in [0.15, 0.2) is 12.4 Å². The van der Waals surface area contributed by atoms with E-state index in [9.17, 15) is 14.4 Å². The number of benzene rings is 1. The highest BCUT2D eigenvalue weighted by atomic mass is 32.1. The van der Waals surface area contributed by atoms with E-state index in [1.54, 1.807) is 24.3 Å². The topological polar surface area (TPSA) is 112 Å². The van der Waals surface area contributed by atoms with Gasteiger partial charge in [0.25, 0.3) is 11.8 Å². The SMILES string of the molecule is CCCN(Cc1nnc(-c2cccs2)o1)C(=O)COC(=O)CCC(=O)c1ccc(OCC)cc1. The van der Waals surface area contributed by atoms with Crippen LogP contribution in [-0.4, -0.2) is 52.5 Å². The van der Waals surface area contributed by atoms with Gasteiger partial charge in [-0.05, 0) is 49.1 Å². The van der Waals surface area contributed by atoms with Crippen LogP contribution >= 0.6 is 11.3 Å². The zero-order valence-corrected chi connectivity index (χ0v) is 20.0. The van der Waals surface area contributed by atoms with Crippen molar-refractivity contribution in [1.29, 1.82) is 0 Å². The number of nitrogens with zero attached hydrogens (tertiary/aromatic N) is 3. The van der Waals surface area contributed by atoms with Crippen molar-refractivity contribution in [3.05, 3.63) is 53.2 Å². The smallest absolute Gasteiger partial charge is 0.306 e. The third-order valence-corrected chi connectivity index (χ3v) is 5.63. The quantitative estimate of drug-likeness (QED) is 0.262. The standard InChI is InChI=1S/C24H27N3O6S/c1-3-13-27(15-21-25-26-24(33-21)20-6-5-14-34-20)22(29)16-32-23(30)12-11-19(28)17-7-9-18(10-8-17)31-4-2/h5-10,14H,3-4,11-13,15-16H2,1-2H3. The first-order chi connectivity index (χ1) is 16.5. The van der Waals surface area contributed by atoms with Crippen molar-refractivity contribution in [2.75, 3.05) is 19.8 Å². The maximum Gasteiger partial charge on any atom is 0.306 e. The summed E-state index contributed by atoms with van der Waals surface area (Å²) in [5.74, 6) is 0.217. The van der Waals surface area contributed by atoms with E-state index in [2.05, 4.69) is 10.2 Å². The lowest BCUT2D eigenvalue weighted by Crippen LogP contribution is -2.35. The fraction of sp³-hybridized carbons (Fsp3) is 0.375. The molecule has 3 rings (SSSR count). The number of carbonyl (C=O) groups is 3. The predicted molar refractivity (Wildman–Crippen MR) is 125 cm³/mol. The summed E-state index contributed by atoms with van der Waals surface area (Å²) in [6.07, 6.45) is 0.594. The van der Waals surface area contributed by atoms with Crippen LogP contribution in [0.3, 0.4) is 0 Å². The van der Waals surface area contributed by atoms with Crippen molar-refractivity contribution < 1.29 is 28.3 Å². The molecule has 34 heavy (non-hydrogen) atoms. The molecule has 0 saturated heterocycles. The molecule has 3 aromatic rings. The van der Waals surface area contributed by atoms with Crippen LogP contribution in [-0.2, 0) is 20.9 Å². The average Bonchev–Trinajstić information content (AvgIpc) is 3.53. The first-order valence-corrected chi connectivity index (χ1v) is 11.9. The van der Waals surface area contributed by atoms with Crippen LogP contribution < -0.4 is 4.74 Å². The van der Waals surface area contributed by atoms with Gasteiger partial charge in [0.2, 0.25) is 5.89 Å². The van der Waals surface area contributed by atoms with Crippen molar-refractivity contribution in [3.63, 3.8) is 0 Å². The number of amides is 1. The minimum absolute atomic E-state index is 0.00678. The van der Waals surface area contributed by atoms with Crippen molar-refractivity contribution in [2.24, 2.45) is 0 Å². The van der Waals surface area contributed by atoms with Gasteiger partial charge in [-0.1, -0.05) is 13.0 Å². The number of esters is 1. The van der Waals surface area contributed by atoms with E-state index in [-0.39, 0.29) is 31.1 Å². The third-order valence-electron chi connectivity index (χ3n) is 4.77. The Morgan fingerprint density at radius 1 is 1.06 bits per heavy atom. The van der Waals surface area contributed by atoms with Crippen LogP contribution in [0.2, 0.25) is 0 Å². The molecule has 0 radical (unpaired) electrons. The van der Waals surface area contributed by atoms with Crippen LogP contribution in [0.5, 0.6) is 5.75 Å². The molecule has 0 unspecified atom stereocenters. The fourth-order valence-corrected chi connectivity index (χ4v) is 3.76. The Morgan fingerprint density at radius 2 is 1.85 bits per heavy atom. The number of ether oxygens (including phenoxy) is 2. The normalized spacial score (nSPS) is 10.6. The number of hydrogen-bond acceptors (Lipinski definition) is 9. The van der Waals surface area contributed by atoms with Crippen LogP contribution in [0.15, 0.2) is 46.2 Å². The molecule has 0 aliphatic carbocycles. The third kappa shape index (κ3) is 7.24. The number of hydrogen-bond donors (Lipinski definition) is 0. The Bertz CT molecular complexity index is 1080. The molecule has 0 aliphatic rings. The van der Waals surface area contributed by atoms with Crippen LogP contribution in [0.25, 0.3) is 10.8 Å². The molecule has 0 spiro atoms. The summed E-state index contributed by atoms with van der Waals surface area (Å²) in [6.45, 7) is 4.51. The van der Waals surface area contributed by atoms with E-state index in [1.807, 2.05) is 31.4 Å². The van der Waals surface area contributed by atoms with E-state index in [0.717, 1.165) is 4.88 Å². The number of thiophene rings is 1. The Hall–Kier alpha value is -3.53. The van der Waals surface area contributed by atoms with Crippen LogP contribution in [0.1, 0.15) is 49.4 Å². The van der Waals surface area contributed by atoms with Crippen molar-refractivity contribution >= 4 is 29.0 Å². The minimum atomic E-state index is -0.609. The number of carbonyl (C=O) groups excluding carboxylic acids is 3. The molecular weight excluding hydrogens is 458 g/mol. The summed E-state index contributed by atoms with van der Waals surface area (Å²) in [6, 6.07) is 10.5. The monoisotopic (exact) mass is 485 g/mol. The van der Waals surface area contributed by atoms with Gasteiger partial charge in [-0.25, -0.2) is 0 Å². The maximum absolute atomic E-state index is 12.6. The molecule has 1 amide bonds. The molecule has 0 N–H and O–H groups in total. The molecule has 0 fully saturated rings. The van der Waals surface area contributed by atoms with Gasteiger partial charge in [-0.3, -0.25) is 14.4 Å². The lowest BCUT2D eigenvalue weighted by Gasteiger charge is -2.20. The van der Waals surface area contributed by atoms with Gasteiger partial charge >= 0.3 is 5.97 Å². The van der Waals surface area contributed by atoms with E-state index in [4.69, 9.17) is 13.9 Å². The first kappa shape index (κ1) is 25.1. The highest BCUT2D eigenvalue weighted by Crippen LogP contribution is 2.23. The molecule has 0 aliphatic heterocycles. The van der Waals surface area contributed by atoms with E-state index in [1.165, 1.54) is 16.2 Å². The molecule has 0 atom stereocenters. The number of aromatic nitrogens is 2. The van der Waals surface area contributed by atoms with Crippen molar-refractivity contribution in [3.8, 4) is 16.5 Å². The Morgan fingerprint density at radius 3 is 2.53 bits per heavy atom. The molecule has 180 valence electrons. The Labute approximate surface area is 201 Å². The lowest BCUT2D eigenvalue weighted by atomic mass is 10.1. The summed E-state index contributed by atoms with van der Waals surface area (Å²) < 4.78 is 16.1. The second-order valence-corrected chi connectivity index (χ2v) is 8.28. The summed E-state index contributed by atoms with van der Waals surface area (Å²) in [4.78, 5) is 39.3. The van der Waals surface area contributed by atoms with Gasteiger partial charge in [-0.15, -0.1) is 21.5 Å². The molecule has 1 aromatic carbocycles. The lowest BCUT2D eigenvalue weighted by molar-refractivity contribution is -0.152.